The summed E-state index contributed by atoms with van der Waals surface area (Å²) in [4.78, 5) is 30.0. The van der Waals surface area contributed by atoms with Gasteiger partial charge in [-0.1, -0.05) is 12.1 Å². The van der Waals surface area contributed by atoms with Crippen molar-refractivity contribution in [2.24, 2.45) is 0 Å². The van der Waals surface area contributed by atoms with Crippen LogP contribution in [0.3, 0.4) is 0 Å². The molecule has 0 unspecified atom stereocenters. The standard InChI is InChI=1S/C26H31FN4O4/c1-3-34-21-11-5-18(6-12-21)24-23(25(32)35-4-2)22(28-26(33)29-24)17-30-13-15-31(16-14-30)20-9-7-19(27)8-10-20/h5-12,24H,3-4,13-17H2,1-2H3,(H2,28,29,33)/t24-/m0/s1. The zero-order valence-electron chi connectivity index (χ0n) is 20.1. The molecule has 2 aromatic carbocycles. The number of hydrogen-bond acceptors (Lipinski definition) is 6. The van der Waals surface area contributed by atoms with E-state index in [0.717, 1.165) is 43.2 Å². The van der Waals surface area contributed by atoms with E-state index in [1.807, 2.05) is 31.2 Å². The number of piperazine rings is 1. The molecule has 2 amide bonds. The Bertz CT molecular complexity index is 1060. The van der Waals surface area contributed by atoms with Crippen LogP contribution in [0, 0.1) is 5.82 Å². The van der Waals surface area contributed by atoms with Gasteiger partial charge in [0, 0.05) is 44.1 Å². The van der Waals surface area contributed by atoms with Gasteiger partial charge in [-0.2, -0.15) is 0 Å². The largest absolute Gasteiger partial charge is 0.494 e. The van der Waals surface area contributed by atoms with Gasteiger partial charge in [0.1, 0.15) is 11.6 Å². The van der Waals surface area contributed by atoms with Crippen molar-refractivity contribution in [3.8, 4) is 5.75 Å². The molecule has 186 valence electrons. The van der Waals surface area contributed by atoms with Crippen molar-refractivity contribution >= 4 is 17.7 Å². The Morgan fingerprint density at radius 1 is 1.00 bits per heavy atom. The highest BCUT2D eigenvalue weighted by atomic mass is 19.1. The van der Waals surface area contributed by atoms with Crippen molar-refractivity contribution in [2.75, 3.05) is 50.8 Å². The maximum absolute atomic E-state index is 13.3. The zero-order valence-corrected chi connectivity index (χ0v) is 20.1. The normalized spacial score (nSPS) is 18.7. The van der Waals surface area contributed by atoms with Crippen LogP contribution in [-0.2, 0) is 9.53 Å². The Morgan fingerprint density at radius 2 is 1.69 bits per heavy atom. The third kappa shape index (κ3) is 5.92. The molecule has 0 aromatic heterocycles. The van der Waals surface area contributed by atoms with E-state index < -0.39 is 12.0 Å². The Labute approximate surface area is 204 Å². The van der Waals surface area contributed by atoms with E-state index in [2.05, 4.69) is 20.4 Å². The smallest absolute Gasteiger partial charge is 0.338 e. The first-order valence-corrected chi connectivity index (χ1v) is 11.9. The van der Waals surface area contributed by atoms with Gasteiger partial charge < -0.3 is 25.0 Å². The molecule has 0 saturated carbocycles. The fourth-order valence-corrected chi connectivity index (χ4v) is 4.41. The van der Waals surface area contributed by atoms with E-state index in [0.29, 0.717) is 24.4 Å². The molecule has 0 radical (unpaired) electrons. The zero-order chi connectivity index (χ0) is 24.8. The molecule has 1 fully saturated rings. The van der Waals surface area contributed by atoms with Crippen LogP contribution >= 0.6 is 0 Å². The molecule has 4 rings (SSSR count). The van der Waals surface area contributed by atoms with E-state index in [4.69, 9.17) is 9.47 Å². The van der Waals surface area contributed by atoms with Gasteiger partial charge in [0.25, 0.3) is 0 Å². The minimum atomic E-state index is -0.631. The van der Waals surface area contributed by atoms with E-state index >= 15 is 0 Å². The fourth-order valence-electron chi connectivity index (χ4n) is 4.41. The first-order valence-electron chi connectivity index (χ1n) is 11.9. The van der Waals surface area contributed by atoms with Crippen LogP contribution in [0.5, 0.6) is 5.75 Å². The Morgan fingerprint density at radius 3 is 2.31 bits per heavy atom. The fraction of sp³-hybridized carbons (Fsp3) is 0.385. The lowest BCUT2D eigenvalue weighted by Gasteiger charge is -2.38. The Hall–Kier alpha value is -3.59. The number of urea groups is 1. The maximum atomic E-state index is 13.3. The molecule has 35 heavy (non-hydrogen) atoms. The van der Waals surface area contributed by atoms with Gasteiger partial charge in [-0.25, -0.2) is 14.0 Å². The second-order valence-corrected chi connectivity index (χ2v) is 8.39. The predicted molar refractivity (Wildman–Crippen MR) is 131 cm³/mol. The Kier molecular flexibility index (Phi) is 7.87. The number of esters is 1. The number of hydrogen-bond donors (Lipinski definition) is 2. The molecular weight excluding hydrogens is 451 g/mol. The average Bonchev–Trinajstić information content (AvgIpc) is 2.85. The second kappa shape index (κ2) is 11.2. The van der Waals surface area contributed by atoms with E-state index in [9.17, 15) is 14.0 Å². The first kappa shape index (κ1) is 24.5. The SMILES string of the molecule is CCOC(=O)C1=C(CN2CCN(c3ccc(F)cc3)CC2)NC(=O)N[C@H]1c1ccc(OCC)cc1. The first-order chi connectivity index (χ1) is 17.0. The van der Waals surface area contributed by atoms with Gasteiger partial charge in [-0.05, 0) is 55.8 Å². The molecule has 2 N–H and O–H groups in total. The van der Waals surface area contributed by atoms with E-state index in [1.165, 1.54) is 12.1 Å². The van der Waals surface area contributed by atoms with Gasteiger partial charge in [0.15, 0.2) is 0 Å². The van der Waals surface area contributed by atoms with Gasteiger partial charge >= 0.3 is 12.0 Å². The molecule has 0 aliphatic carbocycles. The van der Waals surface area contributed by atoms with Crippen molar-refractivity contribution in [1.29, 1.82) is 0 Å². The number of carbonyl (C=O) groups excluding carboxylic acids is 2. The van der Waals surface area contributed by atoms with Crippen LogP contribution in [0.15, 0.2) is 59.8 Å². The van der Waals surface area contributed by atoms with Crippen molar-refractivity contribution < 1.29 is 23.5 Å². The van der Waals surface area contributed by atoms with Crippen LogP contribution in [0.4, 0.5) is 14.9 Å². The Balaban J connectivity index is 1.54. The molecule has 2 heterocycles. The molecule has 2 aliphatic heterocycles. The van der Waals surface area contributed by atoms with Crippen molar-refractivity contribution in [1.82, 2.24) is 15.5 Å². The highest BCUT2D eigenvalue weighted by Crippen LogP contribution is 2.30. The molecule has 9 heteroatoms. The number of benzene rings is 2. The molecular formula is C26H31FN4O4. The van der Waals surface area contributed by atoms with E-state index in [-0.39, 0.29) is 18.5 Å². The monoisotopic (exact) mass is 482 g/mol. The number of amides is 2. The summed E-state index contributed by atoms with van der Waals surface area (Å²) in [6.07, 6.45) is 0. The van der Waals surface area contributed by atoms with Gasteiger partial charge in [0.05, 0.1) is 24.8 Å². The van der Waals surface area contributed by atoms with Gasteiger partial charge in [0.2, 0.25) is 0 Å². The molecule has 0 bridgehead atoms. The maximum Gasteiger partial charge on any atom is 0.338 e. The van der Waals surface area contributed by atoms with Crippen LogP contribution in [-0.4, -0.2) is 62.8 Å². The molecule has 1 atom stereocenters. The number of anilines is 1. The lowest BCUT2D eigenvalue weighted by molar-refractivity contribution is -0.139. The van der Waals surface area contributed by atoms with Gasteiger partial charge in [-0.3, -0.25) is 4.90 Å². The number of ether oxygens (including phenoxy) is 2. The minimum Gasteiger partial charge on any atom is -0.494 e. The summed E-state index contributed by atoms with van der Waals surface area (Å²) in [6, 6.07) is 12.8. The number of nitrogens with one attached hydrogen (secondary N) is 2. The third-order valence-corrected chi connectivity index (χ3v) is 6.12. The van der Waals surface area contributed by atoms with Crippen LogP contribution in [0.2, 0.25) is 0 Å². The number of halogens is 1. The van der Waals surface area contributed by atoms with Crippen molar-refractivity contribution in [2.45, 2.75) is 19.9 Å². The summed E-state index contributed by atoms with van der Waals surface area (Å²) < 4.78 is 24.1. The minimum absolute atomic E-state index is 0.232. The van der Waals surface area contributed by atoms with Crippen LogP contribution in [0.1, 0.15) is 25.5 Å². The topological polar surface area (TPSA) is 83.1 Å². The lowest BCUT2D eigenvalue weighted by Crippen LogP contribution is -2.51. The summed E-state index contributed by atoms with van der Waals surface area (Å²) >= 11 is 0. The average molecular weight is 483 g/mol. The van der Waals surface area contributed by atoms with Gasteiger partial charge in [-0.15, -0.1) is 0 Å². The molecule has 1 saturated heterocycles. The van der Waals surface area contributed by atoms with Crippen molar-refractivity contribution in [3.05, 3.63) is 71.2 Å². The lowest BCUT2D eigenvalue weighted by atomic mass is 9.94. The van der Waals surface area contributed by atoms with Crippen LogP contribution in [0.25, 0.3) is 0 Å². The summed E-state index contributed by atoms with van der Waals surface area (Å²) in [5.74, 6) is 0.00538. The molecule has 8 nitrogen and oxygen atoms in total. The van der Waals surface area contributed by atoms with Crippen LogP contribution < -0.4 is 20.3 Å². The highest BCUT2D eigenvalue weighted by Gasteiger charge is 2.34. The molecule has 2 aromatic rings. The van der Waals surface area contributed by atoms with Crippen molar-refractivity contribution in [3.63, 3.8) is 0 Å². The summed E-state index contributed by atoms with van der Waals surface area (Å²) in [6.45, 7) is 7.83. The third-order valence-electron chi connectivity index (χ3n) is 6.12. The molecule has 2 aliphatic rings. The second-order valence-electron chi connectivity index (χ2n) is 8.39. The predicted octanol–water partition coefficient (Wildman–Crippen LogP) is 3.22. The number of carbonyl (C=O) groups is 2. The van der Waals surface area contributed by atoms with E-state index in [1.54, 1.807) is 19.1 Å². The highest BCUT2D eigenvalue weighted by molar-refractivity contribution is 5.95. The quantitative estimate of drug-likeness (QED) is 0.563. The number of rotatable bonds is 8. The summed E-state index contributed by atoms with van der Waals surface area (Å²) in [5, 5.41) is 5.71. The number of nitrogens with zero attached hydrogens (tertiary/aromatic N) is 2. The summed E-state index contributed by atoms with van der Waals surface area (Å²) in [7, 11) is 0. The molecule has 0 spiro atoms. The summed E-state index contributed by atoms with van der Waals surface area (Å²) in [5.41, 5.74) is 2.69.